The van der Waals surface area contributed by atoms with Crippen molar-refractivity contribution in [3.8, 4) is 0 Å². The van der Waals surface area contributed by atoms with Gasteiger partial charge in [-0.05, 0) is 24.1 Å². The Morgan fingerprint density at radius 1 is 1.30 bits per heavy atom. The van der Waals surface area contributed by atoms with Crippen LogP contribution in [-0.4, -0.2) is 17.0 Å². The van der Waals surface area contributed by atoms with Crippen LogP contribution < -0.4 is 16.2 Å². The van der Waals surface area contributed by atoms with Crippen molar-refractivity contribution in [1.29, 1.82) is 0 Å². The van der Waals surface area contributed by atoms with Crippen molar-refractivity contribution in [3.63, 3.8) is 0 Å². The van der Waals surface area contributed by atoms with Gasteiger partial charge in [-0.3, -0.25) is 9.59 Å². The molecule has 0 atom stereocenters. The number of fused-ring (bicyclic) bond motifs is 1. The van der Waals surface area contributed by atoms with Gasteiger partial charge in [0.2, 0.25) is 0 Å². The third kappa shape index (κ3) is 1.87. The van der Waals surface area contributed by atoms with E-state index in [1.165, 1.54) is 10.6 Å². The Labute approximate surface area is 116 Å². The van der Waals surface area contributed by atoms with Crippen molar-refractivity contribution in [2.24, 2.45) is 7.05 Å². The van der Waals surface area contributed by atoms with Crippen LogP contribution in [0, 0.1) is 0 Å². The predicted octanol–water partition coefficient (Wildman–Crippen LogP) is 1.17. The number of para-hydroxylation sites is 1. The van der Waals surface area contributed by atoms with E-state index in [1.807, 2.05) is 12.1 Å². The van der Waals surface area contributed by atoms with Crippen molar-refractivity contribution in [2.75, 3.05) is 17.2 Å². The summed E-state index contributed by atoms with van der Waals surface area (Å²) in [6.45, 7) is 0.595. The number of nitrogen functional groups attached to an aromatic ring is 1. The fourth-order valence-corrected chi connectivity index (χ4v) is 2.53. The van der Waals surface area contributed by atoms with Crippen LogP contribution in [0.25, 0.3) is 0 Å². The van der Waals surface area contributed by atoms with E-state index in [9.17, 15) is 9.59 Å². The molecule has 1 aromatic carbocycles. The molecule has 1 aromatic heterocycles. The number of aromatic nitrogens is 1. The first kappa shape index (κ1) is 12.5. The van der Waals surface area contributed by atoms with Gasteiger partial charge >= 0.3 is 0 Å². The summed E-state index contributed by atoms with van der Waals surface area (Å²) in [6.07, 6.45) is 2.39. The number of benzene rings is 1. The van der Waals surface area contributed by atoms with Crippen LogP contribution in [0.4, 0.5) is 11.4 Å². The monoisotopic (exact) mass is 269 g/mol. The maximum Gasteiger partial charge on any atom is 0.258 e. The first-order chi connectivity index (χ1) is 9.58. The van der Waals surface area contributed by atoms with E-state index in [2.05, 4.69) is 0 Å². The van der Waals surface area contributed by atoms with Gasteiger partial charge in [0.15, 0.2) is 0 Å². The van der Waals surface area contributed by atoms with Crippen molar-refractivity contribution >= 4 is 17.3 Å². The van der Waals surface area contributed by atoms with E-state index in [0.717, 1.165) is 17.7 Å². The van der Waals surface area contributed by atoms with E-state index in [1.54, 1.807) is 30.3 Å². The standard InChI is InChI=1S/C15H15N3O2/c1-17-7-5-11(9-13(17)19)15(20)18-8-6-10-3-2-4-12(16)14(10)18/h2-5,7,9H,6,8,16H2,1H3. The highest BCUT2D eigenvalue weighted by Gasteiger charge is 2.27. The van der Waals surface area contributed by atoms with Crippen molar-refractivity contribution < 1.29 is 4.79 Å². The molecule has 102 valence electrons. The van der Waals surface area contributed by atoms with Gasteiger partial charge < -0.3 is 15.2 Å². The molecule has 1 aliphatic heterocycles. The lowest BCUT2D eigenvalue weighted by Gasteiger charge is -2.19. The summed E-state index contributed by atoms with van der Waals surface area (Å²) in [5.74, 6) is -0.181. The van der Waals surface area contributed by atoms with Gasteiger partial charge in [0, 0.05) is 31.4 Å². The Bertz CT molecular complexity index is 749. The van der Waals surface area contributed by atoms with Crippen molar-refractivity contribution in [1.82, 2.24) is 4.57 Å². The van der Waals surface area contributed by atoms with E-state index in [0.29, 0.717) is 17.8 Å². The molecule has 2 aromatic rings. The summed E-state index contributed by atoms with van der Waals surface area (Å²) in [7, 11) is 1.65. The molecule has 1 amide bonds. The molecule has 0 bridgehead atoms. The number of pyridine rings is 1. The third-order valence-electron chi connectivity index (χ3n) is 3.62. The average molecular weight is 269 g/mol. The minimum Gasteiger partial charge on any atom is -0.397 e. The zero-order chi connectivity index (χ0) is 14.3. The molecule has 0 saturated heterocycles. The van der Waals surface area contributed by atoms with Gasteiger partial charge in [0.05, 0.1) is 11.4 Å². The lowest BCUT2D eigenvalue weighted by molar-refractivity contribution is 0.0989. The van der Waals surface area contributed by atoms with Gasteiger partial charge in [-0.25, -0.2) is 0 Å². The molecule has 0 spiro atoms. The quantitative estimate of drug-likeness (QED) is 0.790. The zero-order valence-electron chi connectivity index (χ0n) is 11.2. The topological polar surface area (TPSA) is 68.3 Å². The number of carbonyl (C=O) groups is 1. The maximum atomic E-state index is 12.5. The van der Waals surface area contributed by atoms with Crippen LogP contribution >= 0.6 is 0 Å². The summed E-state index contributed by atoms with van der Waals surface area (Å²) >= 11 is 0. The molecule has 2 heterocycles. The molecule has 3 rings (SSSR count). The summed E-state index contributed by atoms with van der Waals surface area (Å²) in [4.78, 5) is 25.8. The second kappa shape index (κ2) is 4.52. The highest BCUT2D eigenvalue weighted by molar-refractivity contribution is 6.08. The van der Waals surface area contributed by atoms with Crippen molar-refractivity contribution in [2.45, 2.75) is 6.42 Å². The Morgan fingerprint density at radius 3 is 2.85 bits per heavy atom. The number of carbonyl (C=O) groups excluding carboxylic acids is 1. The molecule has 0 aliphatic carbocycles. The molecule has 5 heteroatoms. The minimum absolute atomic E-state index is 0.181. The Morgan fingerprint density at radius 2 is 2.10 bits per heavy atom. The van der Waals surface area contributed by atoms with Crippen LogP contribution in [0.1, 0.15) is 15.9 Å². The van der Waals surface area contributed by atoms with Gasteiger partial charge in [-0.2, -0.15) is 0 Å². The summed E-state index contributed by atoms with van der Waals surface area (Å²) in [5.41, 5.74) is 8.61. The third-order valence-corrected chi connectivity index (χ3v) is 3.62. The van der Waals surface area contributed by atoms with Crippen molar-refractivity contribution in [3.05, 3.63) is 58.0 Å². The lowest BCUT2D eigenvalue weighted by atomic mass is 10.1. The SMILES string of the molecule is Cn1ccc(C(=O)N2CCc3cccc(N)c32)cc1=O. The largest absolute Gasteiger partial charge is 0.397 e. The molecule has 0 fully saturated rings. The number of anilines is 2. The number of rotatable bonds is 1. The number of nitrogens with zero attached hydrogens (tertiary/aromatic N) is 2. The number of hydrogen-bond donors (Lipinski definition) is 1. The Hall–Kier alpha value is -2.56. The molecule has 1 aliphatic rings. The first-order valence-electron chi connectivity index (χ1n) is 6.44. The smallest absolute Gasteiger partial charge is 0.258 e. The van der Waals surface area contributed by atoms with E-state index >= 15 is 0 Å². The number of amides is 1. The highest BCUT2D eigenvalue weighted by atomic mass is 16.2. The van der Waals surface area contributed by atoms with E-state index < -0.39 is 0 Å². The number of hydrogen-bond acceptors (Lipinski definition) is 3. The number of nitrogens with two attached hydrogens (primary N) is 1. The van der Waals surface area contributed by atoms with Crippen LogP contribution in [0.5, 0.6) is 0 Å². The average Bonchev–Trinajstić information content (AvgIpc) is 2.86. The molecule has 5 nitrogen and oxygen atoms in total. The van der Waals surface area contributed by atoms with Crippen LogP contribution in [0.15, 0.2) is 41.3 Å². The molecule has 20 heavy (non-hydrogen) atoms. The summed E-state index contributed by atoms with van der Waals surface area (Å²) < 4.78 is 1.43. The Kier molecular flexibility index (Phi) is 2.82. The van der Waals surface area contributed by atoms with Gasteiger partial charge in [0.25, 0.3) is 11.5 Å². The highest BCUT2D eigenvalue weighted by Crippen LogP contribution is 2.34. The fourth-order valence-electron chi connectivity index (χ4n) is 2.53. The van der Waals surface area contributed by atoms with Crippen LogP contribution in [0.2, 0.25) is 0 Å². The minimum atomic E-state index is -0.198. The van der Waals surface area contributed by atoms with Gasteiger partial charge in [-0.1, -0.05) is 12.1 Å². The zero-order valence-corrected chi connectivity index (χ0v) is 11.2. The van der Waals surface area contributed by atoms with Gasteiger partial charge in [0.1, 0.15) is 0 Å². The molecular weight excluding hydrogens is 254 g/mol. The molecular formula is C15H15N3O2. The molecule has 0 saturated carbocycles. The van der Waals surface area contributed by atoms with Gasteiger partial charge in [-0.15, -0.1) is 0 Å². The van der Waals surface area contributed by atoms with E-state index in [4.69, 9.17) is 5.73 Å². The normalized spacial score (nSPS) is 13.3. The second-order valence-electron chi connectivity index (χ2n) is 4.93. The molecule has 0 unspecified atom stereocenters. The number of aryl methyl sites for hydroxylation is 1. The second-order valence-corrected chi connectivity index (χ2v) is 4.93. The Balaban J connectivity index is 2.02. The lowest BCUT2D eigenvalue weighted by Crippen LogP contribution is -2.31. The maximum absolute atomic E-state index is 12.5. The molecule has 0 radical (unpaired) electrons. The summed E-state index contributed by atoms with van der Waals surface area (Å²) in [6, 6.07) is 8.66. The predicted molar refractivity (Wildman–Crippen MR) is 77.9 cm³/mol. The molecule has 2 N–H and O–H groups in total. The first-order valence-corrected chi connectivity index (χ1v) is 6.44. The van der Waals surface area contributed by atoms with Crippen LogP contribution in [0.3, 0.4) is 0 Å². The van der Waals surface area contributed by atoms with Crippen LogP contribution in [-0.2, 0) is 13.5 Å². The fraction of sp³-hybridized carbons (Fsp3) is 0.200. The van der Waals surface area contributed by atoms with E-state index in [-0.39, 0.29) is 11.5 Å². The summed E-state index contributed by atoms with van der Waals surface area (Å²) in [5, 5.41) is 0.